The van der Waals surface area contributed by atoms with Gasteiger partial charge in [0.05, 0.1) is 11.4 Å². The molecule has 1 aliphatic rings. The van der Waals surface area contributed by atoms with Crippen LogP contribution in [0, 0.1) is 0 Å². The Bertz CT molecular complexity index is 872. The third-order valence-corrected chi connectivity index (χ3v) is 5.35. The van der Waals surface area contributed by atoms with Gasteiger partial charge in [-0.1, -0.05) is 40.2 Å². The van der Waals surface area contributed by atoms with E-state index in [4.69, 9.17) is 5.10 Å². The van der Waals surface area contributed by atoms with Crippen LogP contribution in [-0.2, 0) is 6.42 Å². The zero-order valence-corrected chi connectivity index (χ0v) is 15.1. The average Bonchev–Trinajstić information content (AvgIpc) is 3.17. The Morgan fingerprint density at radius 2 is 2.04 bits per heavy atom. The number of hydrogen-bond acceptors (Lipinski definition) is 3. The number of rotatable bonds is 3. The number of halogens is 1. The molecular formula is C18H16BrN3S. The molecule has 116 valence electrons. The normalized spacial score (nSPS) is 13.0. The van der Waals surface area contributed by atoms with Crippen LogP contribution in [0.1, 0.15) is 5.56 Å². The van der Waals surface area contributed by atoms with Crippen molar-refractivity contribution in [3.63, 3.8) is 0 Å². The smallest absolute Gasteiger partial charge is 0.133 e. The maximum absolute atomic E-state index is 4.94. The lowest BCUT2D eigenvalue weighted by Crippen LogP contribution is -2.04. The van der Waals surface area contributed by atoms with Crippen molar-refractivity contribution in [2.75, 3.05) is 18.1 Å². The molecule has 3 nitrogen and oxygen atoms in total. The van der Waals surface area contributed by atoms with Crippen molar-refractivity contribution in [1.82, 2.24) is 9.78 Å². The third kappa shape index (κ3) is 2.58. The van der Waals surface area contributed by atoms with Crippen molar-refractivity contribution in [1.29, 1.82) is 0 Å². The lowest BCUT2D eigenvalue weighted by atomic mass is 10.1. The van der Waals surface area contributed by atoms with Gasteiger partial charge in [0.15, 0.2) is 0 Å². The molecule has 0 amide bonds. The van der Waals surface area contributed by atoms with Crippen LogP contribution in [0.5, 0.6) is 0 Å². The second kappa shape index (κ2) is 6.06. The summed E-state index contributed by atoms with van der Waals surface area (Å²) < 4.78 is 3.09. The molecular weight excluding hydrogens is 370 g/mol. The van der Waals surface area contributed by atoms with Crippen LogP contribution >= 0.6 is 27.7 Å². The van der Waals surface area contributed by atoms with Crippen LogP contribution in [0.25, 0.3) is 16.9 Å². The molecule has 0 saturated heterocycles. The second-order valence-electron chi connectivity index (χ2n) is 5.44. The molecule has 0 atom stereocenters. The fraction of sp³-hybridized carbons (Fsp3) is 0.167. The van der Waals surface area contributed by atoms with Crippen LogP contribution in [0.15, 0.2) is 57.9 Å². The molecule has 5 heteroatoms. The lowest BCUT2D eigenvalue weighted by Gasteiger charge is -2.07. The van der Waals surface area contributed by atoms with E-state index in [1.54, 1.807) is 11.8 Å². The van der Waals surface area contributed by atoms with Crippen molar-refractivity contribution in [3.05, 3.63) is 58.6 Å². The first-order chi connectivity index (χ1) is 11.3. The summed E-state index contributed by atoms with van der Waals surface area (Å²) in [5.74, 6) is 1.12. The minimum Gasteiger partial charge on any atom is -0.369 e. The van der Waals surface area contributed by atoms with Crippen LogP contribution < -0.4 is 5.32 Å². The molecule has 0 saturated carbocycles. The SMILES string of the molecule is CSc1ccccc1-c1nn(-c2cccc(Br)c2)c2c1CCN2. The van der Waals surface area contributed by atoms with Gasteiger partial charge in [0, 0.05) is 27.0 Å². The van der Waals surface area contributed by atoms with Gasteiger partial charge >= 0.3 is 0 Å². The summed E-state index contributed by atoms with van der Waals surface area (Å²) in [6.45, 7) is 0.968. The maximum Gasteiger partial charge on any atom is 0.133 e. The van der Waals surface area contributed by atoms with E-state index in [2.05, 4.69) is 63.9 Å². The average molecular weight is 386 g/mol. The monoisotopic (exact) mass is 385 g/mol. The Morgan fingerprint density at radius 3 is 2.87 bits per heavy atom. The first-order valence-electron chi connectivity index (χ1n) is 7.53. The predicted octanol–water partition coefficient (Wildman–Crippen LogP) is 4.99. The Hall–Kier alpha value is -1.72. The molecule has 0 unspecified atom stereocenters. The van der Waals surface area contributed by atoms with E-state index in [0.717, 1.165) is 34.6 Å². The highest BCUT2D eigenvalue weighted by atomic mass is 79.9. The van der Waals surface area contributed by atoms with Gasteiger partial charge in [-0.3, -0.25) is 0 Å². The summed E-state index contributed by atoms with van der Waals surface area (Å²) >= 11 is 5.32. The van der Waals surface area contributed by atoms with E-state index in [0.29, 0.717) is 0 Å². The largest absolute Gasteiger partial charge is 0.369 e. The summed E-state index contributed by atoms with van der Waals surface area (Å²) in [5, 5.41) is 8.43. The van der Waals surface area contributed by atoms with Crippen molar-refractivity contribution in [2.45, 2.75) is 11.3 Å². The van der Waals surface area contributed by atoms with Gasteiger partial charge in [-0.15, -0.1) is 11.8 Å². The summed E-state index contributed by atoms with van der Waals surface area (Å²) in [5.41, 5.74) is 4.69. The lowest BCUT2D eigenvalue weighted by molar-refractivity contribution is 0.880. The Labute approximate surface area is 148 Å². The molecule has 0 radical (unpaired) electrons. The zero-order valence-electron chi connectivity index (χ0n) is 12.7. The van der Waals surface area contributed by atoms with E-state index in [1.165, 1.54) is 16.0 Å². The van der Waals surface area contributed by atoms with E-state index in [9.17, 15) is 0 Å². The number of anilines is 1. The van der Waals surface area contributed by atoms with E-state index in [1.807, 2.05) is 16.8 Å². The summed E-state index contributed by atoms with van der Waals surface area (Å²) in [6.07, 6.45) is 3.13. The standard InChI is InChI=1S/C18H16BrN3S/c1-23-16-8-3-2-7-14(16)17-15-9-10-20-18(15)22(21-17)13-6-4-5-12(19)11-13/h2-8,11,20H,9-10H2,1H3. The van der Waals surface area contributed by atoms with Gasteiger partial charge in [-0.25, -0.2) is 4.68 Å². The first kappa shape index (κ1) is 14.8. The van der Waals surface area contributed by atoms with Crippen LogP contribution in [0.3, 0.4) is 0 Å². The van der Waals surface area contributed by atoms with E-state index in [-0.39, 0.29) is 0 Å². The molecule has 0 spiro atoms. The molecule has 1 aromatic heterocycles. The van der Waals surface area contributed by atoms with Gasteiger partial charge in [0.2, 0.25) is 0 Å². The topological polar surface area (TPSA) is 29.9 Å². The number of nitrogens with one attached hydrogen (secondary N) is 1. The Morgan fingerprint density at radius 1 is 1.17 bits per heavy atom. The fourth-order valence-corrected chi connectivity index (χ4v) is 4.01. The number of aromatic nitrogens is 2. The Kier molecular flexibility index (Phi) is 3.91. The maximum atomic E-state index is 4.94. The molecule has 0 aliphatic carbocycles. The van der Waals surface area contributed by atoms with Gasteiger partial charge in [-0.05, 0) is 36.9 Å². The molecule has 0 fully saturated rings. The highest BCUT2D eigenvalue weighted by Crippen LogP contribution is 2.38. The molecule has 4 rings (SSSR count). The van der Waals surface area contributed by atoms with Gasteiger partial charge in [-0.2, -0.15) is 5.10 Å². The van der Waals surface area contributed by atoms with Crippen molar-refractivity contribution in [2.24, 2.45) is 0 Å². The number of fused-ring (bicyclic) bond motifs is 1. The van der Waals surface area contributed by atoms with Crippen LogP contribution in [-0.4, -0.2) is 22.6 Å². The summed E-state index contributed by atoms with van der Waals surface area (Å²) in [4.78, 5) is 1.26. The molecule has 2 heterocycles. The minimum atomic E-state index is 0.968. The highest BCUT2D eigenvalue weighted by molar-refractivity contribution is 9.10. The van der Waals surface area contributed by atoms with Gasteiger partial charge < -0.3 is 5.32 Å². The number of thioether (sulfide) groups is 1. The zero-order chi connectivity index (χ0) is 15.8. The second-order valence-corrected chi connectivity index (χ2v) is 7.21. The third-order valence-electron chi connectivity index (χ3n) is 4.07. The quantitative estimate of drug-likeness (QED) is 0.643. The van der Waals surface area contributed by atoms with Crippen molar-refractivity contribution in [3.8, 4) is 16.9 Å². The minimum absolute atomic E-state index is 0.968. The Balaban J connectivity index is 1.92. The predicted molar refractivity (Wildman–Crippen MR) is 101 cm³/mol. The fourth-order valence-electron chi connectivity index (χ4n) is 3.03. The van der Waals surface area contributed by atoms with Gasteiger partial charge in [0.1, 0.15) is 5.82 Å². The van der Waals surface area contributed by atoms with E-state index >= 15 is 0 Å². The van der Waals surface area contributed by atoms with Gasteiger partial charge in [0.25, 0.3) is 0 Å². The molecule has 3 aromatic rings. The molecule has 1 N–H and O–H groups in total. The number of hydrogen-bond donors (Lipinski definition) is 1. The summed E-state index contributed by atoms with van der Waals surface area (Å²) in [6, 6.07) is 16.7. The number of benzene rings is 2. The van der Waals surface area contributed by atoms with Crippen LogP contribution in [0.2, 0.25) is 0 Å². The molecule has 0 bridgehead atoms. The number of nitrogens with zero attached hydrogens (tertiary/aromatic N) is 2. The first-order valence-corrected chi connectivity index (χ1v) is 9.55. The molecule has 2 aromatic carbocycles. The molecule has 23 heavy (non-hydrogen) atoms. The summed E-state index contributed by atoms with van der Waals surface area (Å²) in [7, 11) is 0. The van der Waals surface area contributed by atoms with E-state index < -0.39 is 0 Å². The molecule has 1 aliphatic heterocycles. The highest BCUT2D eigenvalue weighted by Gasteiger charge is 2.24. The van der Waals surface area contributed by atoms with Crippen LogP contribution in [0.4, 0.5) is 5.82 Å². The van der Waals surface area contributed by atoms with Crippen molar-refractivity contribution >= 4 is 33.5 Å². The van der Waals surface area contributed by atoms with Crippen molar-refractivity contribution < 1.29 is 0 Å².